The summed E-state index contributed by atoms with van der Waals surface area (Å²) in [5.74, 6) is 2.43. The highest BCUT2D eigenvalue weighted by molar-refractivity contribution is 7.80. The minimum absolute atomic E-state index is 0.0226. The van der Waals surface area contributed by atoms with Gasteiger partial charge in [0, 0.05) is 18.0 Å². The summed E-state index contributed by atoms with van der Waals surface area (Å²) in [6, 6.07) is 32.3. The molecule has 0 bridgehead atoms. The van der Waals surface area contributed by atoms with Gasteiger partial charge in [-0.2, -0.15) is 0 Å². The highest BCUT2D eigenvalue weighted by atomic mass is 32.1. The van der Waals surface area contributed by atoms with Gasteiger partial charge in [-0.25, -0.2) is 0 Å². The smallest absolute Gasteiger partial charge is 0.280 e. The third-order valence-electron chi connectivity index (χ3n) is 6.48. The van der Waals surface area contributed by atoms with Crippen LogP contribution in [0.4, 0.5) is 11.4 Å². The Labute approximate surface area is 229 Å². The molecule has 0 saturated carbocycles. The number of furan rings is 1. The maximum absolute atomic E-state index is 11.6. The second-order valence-corrected chi connectivity index (χ2v) is 9.27. The average molecular weight is 535 g/mol. The van der Waals surface area contributed by atoms with Gasteiger partial charge in [0.1, 0.15) is 29.1 Å². The van der Waals surface area contributed by atoms with Crippen LogP contribution in [0.15, 0.2) is 120 Å². The molecule has 3 aromatic carbocycles. The van der Waals surface area contributed by atoms with Crippen LogP contribution in [0.3, 0.4) is 0 Å². The number of nitrogens with zero attached hydrogens (tertiary/aromatic N) is 3. The number of nitro benzene ring substituents is 1. The summed E-state index contributed by atoms with van der Waals surface area (Å²) in [6.45, 7) is 0. The standard InChI is InChI=1S/C30H22N4O4S/c35-34(36)25-12-5-4-10-23(25)26-17-18-27(38-26)29-28(24-11-6-7-19-31-24)32-30(39)33(29)20-13-15-22(16-14-20)37-21-8-2-1-3-9-21/h1-19,28-29H,(H,32,39). The van der Waals surface area contributed by atoms with Gasteiger partial charge < -0.3 is 19.4 Å². The Morgan fingerprint density at radius 1 is 0.872 bits per heavy atom. The third kappa shape index (κ3) is 4.83. The molecule has 9 heteroatoms. The van der Waals surface area contributed by atoms with E-state index in [-0.39, 0.29) is 11.7 Å². The van der Waals surface area contributed by atoms with Crippen LogP contribution < -0.4 is 15.0 Å². The molecule has 8 nitrogen and oxygen atoms in total. The van der Waals surface area contributed by atoms with Crippen molar-refractivity contribution in [3.8, 4) is 22.8 Å². The first-order chi connectivity index (χ1) is 19.1. The number of benzene rings is 3. The predicted octanol–water partition coefficient (Wildman–Crippen LogP) is 7.22. The number of anilines is 1. The van der Waals surface area contributed by atoms with Crippen LogP contribution in [0.2, 0.25) is 0 Å². The fourth-order valence-corrected chi connectivity index (χ4v) is 5.06. The molecule has 1 aliphatic heterocycles. The van der Waals surface area contributed by atoms with Gasteiger partial charge in [-0.3, -0.25) is 15.1 Å². The minimum Gasteiger partial charge on any atom is -0.459 e. The Morgan fingerprint density at radius 3 is 2.33 bits per heavy atom. The summed E-state index contributed by atoms with van der Waals surface area (Å²) in [5, 5.41) is 15.5. The maximum atomic E-state index is 11.6. The van der Waals surface area contributed by atoms with Crippen LogP contribution in [-0.2, 0) is 0 Å². The Hall–Kier alpha value is -5.02. The van der Waals surface area contributed by atoms with Crippen molar-refractivity contribution in [2.45, 2.75) is 12.1 Å². The lowest BCUT2D eigenvalue weighted by molar-refractivity contribution is -0.384. The fraction of sp³-hybridized carbons (Fsp3) is 0.0667. The second kappa shape index (κ2) is 10.4. The van der Waals surface area contributed by atoms with Crippen molar-refractivity contribution in [3.63, 3.8) is 0 Å². The van der Waals surface area contributed by atoms with Gasteiger partial charge in [0.15, 0.2) is 5.11 Å². The number of hydrogen-bond donors (Lipinski definition) is 1. The van der Waals surface area contributed by atoms with E-state index < -0.39 is 11.0 Å². The second-order valence-electron chi connectivity index (χ2n) is 8.88. The molecule has 0 radical (unpaired) electrons. The lowest BCUT2D eigenvalue weighted by Crippen LogP contribution is -2.29. The zero-order valence-electron chi connectivity index (χ0n) is 20.5. The first kappa shape index (κ1) is 24.3. The first-order valence-electron chi connectivity index (χ1n) is 12.3. The lowest BCUT2D eigenvalue weighted by atomic mass is 10.0. The van der Waals surface area contributed by atoms with Crippen molar-refractivity contribution in [2.24, 2.45) is 0 Å². The number of nitrogens with one attached hydrogen (secondary N) is 1. The molecule has 6 rings (SSSR count). The summed E-state index contributed by atoms with van der Waals surface area (Å²) in [5.41, 5.74) is 2.01. The van der Waals surface area contributed by atoms with Gasteiger partial charge in [-0.1, -0.05) is 36.4 Å². The molecular weight excluding hydrogens is 512 g/mol. The van der Waals surface area contributed by atoms with Crippen LogP contribution in [0.25, 0.3) is 11.3 Å². The molecule has 0 aliphatic carbocycles. The van der Waals surface area contributed by atoms with E-state index in [2.05, 4.69) is 10.3 Å². The number of nitro groups is 1. The van der Waals surface area contributed by atoms with E-state index in [0.29, 0.717) is 27.9 Å². The zero-order valence-corrected chi connectivity index (χ0v) is 21.3. The molecule has 2 unspecified atom stereocenters. The van der Waals surface area contributed by atoms with E-state index in [0.717, 1.165) is 17.1 Å². The molecule has 1 fully saturated rings. The lowest BCUT2D eigenvalue weighted by Gasteiger charge is -2.26. The highest BCUT2D eigenvalue weighted by Gasteiger charge is 2.42. The van der Waals surface area contributed by atoms with Crippen LogP contribution >= 0.6 is 12.2 Å². The Balaban J connectivity index is 1.38. The molecule has 5 aromatic rings. The van der Waals surface area contributed by atoms with E-state index in [9.17, 15) is 10.1 Å². The van der Waals surface area contributed by atoms with E-state index in [1.165, 1.54) is 6.07 Å². The molecule has 1 N–H and O–H groups in total. The SMILES string of the molecule is O=[N+]([O-])c1ccccc1-c1ccc(C2C(c3ccccn3)NC(=S)N2c2ccc(Oc3ccccc3)cc2)o1. The summed E-state index contributed by atoms with van der Waals surface area (Å²) < 4.78 is 12.3. The number of ether oxygens (including phenoxy) is 1. The molecule has 39 heavy (non-hydrogen) atoms. The molecule has 2 atom stereocenters. The van der Waals surface area contributed by atoms with E-state index >= 15 is 0 Å². The normalized spacial score (nSPS) is 16.6. The molecule has 0 amide bonds. The highest BCUT2D eigenvalue weighted by Crippen LogP contribution is 2.44. The largest absolute Gasteiger partial charge is 0.459 e. The topological polar surface area (TPSA) is 93.7 Å². The van der Waals surface area contributed by atoms with Crippen LogP contribution in [0.1, 0.15) is 23.5 Å². The van der Waals surface area contributed by atoms with Crippen molar-refractivity contribution in [3.05, 3.63) is 137 Å². The van der Waals surface area contributed by atoms with Gasteiger partial charge in [-0.15, -0.1) is 0 Å². The fourth-order valence-electron chi connectivity index (χ4n) is 4.72. The van der Waals surface area contributed by atoms with Gasteiger partial charge >= 0.3 is 0 Å². The van der Waals surface area contributed by atoms with E-state index in [1.54, 1.807) is 30.5 Å². The summed E-state index contributed by atoms with van der Waals surface area (Å²) in [4.78, 5) is 17.8. The van der Waals surface area contributed by atoms with Crippen LogP contribution in [-0.4, -0.2) is 15.0 Å². The Bertz CT molecular complexity index is 1620. The number of para-hydroxylation sites is 2. The third-order valence-corrected chi connectivity index (χ3v) is 6.79. The maximum Gasteiger partial charge on any atom is 0.280 e. The van der Waals surface area contributed by atoms with Crippen molar-refractivity contribution < 1.29 is 14.1 Å². The summed E-state index contributed by atoms with van der Waals surface area (Å²) in [6.07, 6.45) is 1.73. The Kier molecular flexibility index (Phi) is 6.48. The van der Waals surface area contributed by atoms with Gasteiger partial charge in [-0.05, 0) is 78.9 Å². The quantitative estimate of drug-likeness (QED) is 0.133. The predicted molar refractivity (Wildman–Crippen MR) is 152 cm³/mol. The summed E-state index contributed by atoms with van der Waals surface area (Å²) in [7, 11) is 0. The van der Waals surface area contributed by atoms with E-state index in [1.807, 2.05) is 83.8 Å². The molecule has 192 valence electrons. The van der Waals surface area contributed by atoms with Crippen molar-refractivity contribution >= 4 is 28.7 Å². The Morgan fingerprint density at radius 2 is 1.59 bits per heavy atom. The van der Waals surface area contributed by atoms with Gasteiger partial charge in [0.05, 0.1) is 22.2 Å². The number of aromatic nitrogens is 1. The van der Waals surface area contributed by atoms with Crippen molar-refractivity contribution in [1.82, 2.24) is 10.3 Å². The summed E-state index contributed by atoms with van der Waals surface area (Å²) >= 11 is 5.79. The van der Waals surface area contributed by atoms with Gasteiger partial charge in [0.25, 0.3) is 5.69 Å². The molecule has 3 heterocycles. The number of thiocarbonyl (C=S) groups is 1. The van der Waals surface area contributed by atoms with Crippen LogP contribution in [0.5, 0.6) is 11.5 Å². The van der Waals surface area contributed by atoms with Crippen molar-refractivity contribution in [2.75, 3.05) is 4.90 Å². The number of hydrogen-bond acceptors (Lipinski definition) is 6. The number of rotatable bonds is 7. The zero-order chi connectivity index (χ0) is 26.8. The van der Waals surface area contributed by atoms with Gasteiger partial charge in [0.2, 0.25) is 0 Å². The monoisotopic (exact) mass is 534 g/mol. The van der Waals surface area contributed by atoms with E-state index in [4.69, 9.17) is 21.4 Å². The minimum atomic E-state index is -0.411. The molecular formula is C30H22N4O4S. The first-order valence-corrected chi connectivity index (χ1v) is 12.7. The average Bonchev–Trinajstić information content (AvgIpc) is 3.59. The molecule has 2 aromatic heterocycles. The molecule has 1 saturated heterocycles. The van der Waals surface area contributed by atoms with Crippen molar-refractivity contribution in [1.29, 1.82) is 0 Å². The van der Waals surface area contributed by atoms with Crippen LogP contribution in [0, 0.1) is 10.1 Å². The molecule has 1 aliphatic rings. The molecule has 0 spiro atoms. The number of pyridine rings is 1.